The number of fused-ring (bicyclic) bond motifs is 1. The highest BCUT2D eigenvalue weighted by Gasteiger charge is 2.20. The third kappa shape index (κ3) is 2.54. The SMILES string of the molecule is Cc1ccc(-n2cnc3c(C(=N)N4CCCCC4)ncnc32)cc1. The first kappa shape index (κ1) is 14.8. The van der Waals surface area contributed by atoms with E-state index in [-0.39, 0.29) is 0 Å². The second kappa shape index (κ2) is 6.03. The Morgan fingerprint density at radius 3 is 2.50 bits per heavy atom. The average molecular weight is 320 g/mol. The second-order valence-corrected chi connectivity index (χ2v) is 6.24. The van der Waals surface area contributed by atoms with Gasteiger partial charge in [0, 0.05) is 18.8 Å². The number of likely N-dealkylation sites (tertiary alicyclic amines) is 1. The molecule has 0 unspecified atom stereocenters. The lowest BCUT2D eigenvalue weighted by Gasteiger charge is -2.28. The number of piperidine rings is 1. The molecule has 1 N–H and O–H groups in total. The van der Waals surface area contributed by atoms with Gasteiger partial charge in [0.2, 0.25) is 0 Å². The van der Waals surface area contributed by atoms with Crippen LogP contribution in [0.25, 0.3) is 16.9 Å². The number of benzene rings is 1. The number of imidazole rings is 1. The summed E-state index contributed by atoms with van der Waals surface area (Å²) in [6.07, 6.45) is 6.80. The number of nitrogens with zero attached hydrogens (tertiary/aromatic N) is 5. The zero-order valence-corrected chi connectivity index (χ0v) is 13.7. The van der Waals surface area contributed by atoms with Gasteiger partial charge in [0.05, 0.1) is 0 Å². The van der Waals surface area contributed by atoms with Crippen LogP contribution in [0.5, 0.6) is 0 Å². The van der Waals surface area contributed by atoms with E-state index in [4.69, 9.17) is 5.41 Å². The van der Waals surface area contributed by atoms with Gasteiger partial charge in [-0.2, -0.15) is 0 Å². The van der Waals surface area contributed by atoms with Crippen LogP contribution in [-0.4, -0.2) is 43.3 Å². The molecule has 24 heavy (non-hydrogen) atoms. The molecule has 6 heteroatoms. The van der Waals surface area contributed by atoms with Gasteiger partial charge in [0.1, 0.15) is 29.7 Å². The topological polar surface area (TPSA) is 70.7 Å². The van der Waals surface area contributed by atoms with Crippen molar-refractivity contribution in [3.05, 3.63) is 48.2 Å². The predicted molar refractivity (Wildman–Crippen MR) is 93.6 cm³/mol. The van der Waals surface area contributed by atoms with E-state index in [9.17, 15) is 0 Å². The fourth-order valence-corrected chi connectivity index (χ4v) is 3.17. The maximum atomic E-state index is 8.53. The number of hydrogen-bond acceptors (Lipinski definition) is 4. The molecule has 6 nitrogen and oxygen atoms in total. The van der Waals surface area contributed by atoms with Crippen molar-refractivity contribution in [2.45, 2.75) is 26.2 Å². The van der Waals surface area contributed by atoms with E-state index in [2.05, 4.69) is 38.9 Å². The van der Waals surface area contributed by atoms with Crippen molar-refractivity contribution in [2.24, 2.45) is 0 Å². The zero-order chi connectivity index (χ0) is 16.5. The van der Waals surface area contributed by atoms with Crippen LogP contribution in [0.15, 0.2) is 36.9 Å². The van der Waals surface area contributed by atoms with E-state index in [0.29, 0.717) is 17.0 Å². The number of hydrogen-bond donors (Lipinski definition) is 1. The number of nitrogens with one attached hydrogen (secondary N) is 1. The Morgan fingerprint density at radius 1 is 1.00 bits per heavy atom. The molecule has 2 aromatic heterocycles. The van der Waals surface area contributed by atoms with Crippen LogP contribution in [0.2, 0.25) is 0 Å². The van der Waals surface area contributed by atoms with Crippen LogP contribution in [0.3, 0.4) is 0 Å². The number of aromatic nitrogens is 4. The number of aryl methyl sites for hydroxylation is 1. The molecule has 0 atom stereocenters. The van der Waals surface area contributed by atoms with Crippen LogP contribution in [0, 0.1) is 12.3 Å². The smallest absolute Gasteiger partial charge is 0.168 e. The van der Waals surface area contributed by atoms with E-state index in [1.165, 1.54) is 18.3 Å². The predicted octanol–water partition coefficient (Wildman–Crippen LogP) is 2.94. The van der Waals surface area contributed by atoms with E-state index >= 15 is 0 Å². The summed E-state index contributed by atoms with van der Waals surface area (Å²) in [6, 6.07) is 8.24. The molecule has 1 aliphatic rings. The monoisotopic (exact) mass is 320 g/mol. The van der Waals surface area contributed by atoms with Gasteiger partial charge in [-0.1, -0.05) is 17.7 Å². The number of amidine groups is 1. The summed E-state index contributed by atoms with van der Waals surface area (Å²) >= 11 is 0. The first-order chi connectivity index (χ1) is 11.7. The highest BCUT2D eigenvalue weighted by molar-refractivity contribution is 6.03. The minimum Gasteiger partial charge on any atom is -0.355 e. The molecular formula is C18H20N6. The molecule has 0 aliphatic carbocycles. The van der Waals surface area contributed by atoms with Gasteiger partial charge in [-0.25, -0.2) is 15.0 Å². The summed E-state index contributed by atoms with van der Waals surface area (Å²) in [5, 5.41) is 8.53. The van der Waals surface area contributed by atoms with Gasteiger partial charge in [-0.15, -0.1) is 0 Å². The largest absolute Gasteiger partial charge is 0.355 e. The summed E-state index contributed by atoms with van der Waals surface area (Å²) in [5.74, 6) is 0.455. The molecule has 1 aliphatic heterocycles. The molecule has 0 radical (unpaired) electrons. The minimum atomic E-state index is 0.455. The molecule has 0 saturated carbocycles. The molecule has 122 valence electrons. The molecule has 0 amide bonds. The first-order valence-corrected chi connectivity index (χ1v) is 8.33. The molecule has 1 fully saturated rings. The van der Waals surface area contributed by atoms with Crippen LogP contribution in [-0.2, 0) is 0 Å². The van der Waals surface area contributed by atoms with Gasteiger partial charge in [-0.3, -0.25) is 9.98 Å². The Hall–Kier alpha value is -2.76. The van der Waals surface area contributed by atoms with E-state index in [1.54, 1.807) is 6.33 Å². The van der Waals surface area contributed by atoms with Crippen molar-refractivity contribution < 1.29 is 0 Å². The van der Waals surface area contributed by atoms with Crippen molar-refractivity contribution in [1.82, 2.24) is 24.4 Å². The first-order valence-electron chi connectivity index (χ1n) is 8.33. The Labute approximate surface area is 140 Å². The lowest BCUT2D eigenvalue weighted by atomic mass is 10.1. The maximum absolute atomic E-state index is 8.53. The van der Waals surface area contributed by atoms with Crippen LogP contribution in [0.4, 0.5) is 0 Å². The fourth-order valence-electron chi connectivity index (χ4n) is 3.17. The molecular weight excluding hydrogens is 300 g/mol. The quantitative estimate of drug-likeness (QED) is 0.582. The van der Waals surface area contributed by atoms with Crippen molar-refractivity contribution in [3.63, 3.8) is 0 Å². The summed E-state index contributed by atoms with van der Waals surface area (Å²) in [6.45, 7) is 3.90. The van der Waals surface area contributed by atoms with Crippen molar-refractivity contribution in [2.75, 3.05) is 13.1 Å². The van der Waals surface area contributed by atoms with Crippen molar-refractivity contribution >= 4 is 17.0 Å². The Morgan fingerprint density at radius 2 is 1.75 bits per heavy atom. The van der Waals surface area contributed by atoms with Crippen LogP contribution >= 0.6 is 0 Å². The zero-order valence-electron chi connectivity index (χ0n) is 13.7. The summed E-state index contributed by atoms with van der Waals surface area (Å²) in [7, 11) is 0. The van der Waals surface area contributed by atoms with Gasteiger partial charge < -0.3 is 4.90 Å². The lowest BCUT2D eigenvalue weighted by molar-refractivity contribution is 0.340. The van der Waals surface area contributed by atoms with Crippen LogP contribution in [0.1, 0.15) is 30.5 Å². The molecule has 0 spiro atoms. The number of rotatable bonds is 2. The minimum absolute atomic E-state index is 0.455. The molecule has 3 aromatic rings. The molecule has 0 bridgehead atoms. The summed E-state index contributed by atoms with van der Waals surface area (Å²) < 4.78 is 1.95. The van der Waals surface area contributed by atoms with E-state index in [0.717, 1.165) is 37.3 Å². The Bertz CT molecular complexity index is 874. The van der Waals surface area contributed by atoms with Gasteiger partial charge in [-0.05, 0) is 38.3 Å². The highest BCUT2D eigenvalue weighted by Crippen LogP contribution is 2.20. The third-order valence-corrected chi connectivity index (χ3v) is 4.54. The molecule has 1 aromatic carbocycles. The summed E-state index contributed by atoms with van der Waals surface area (Å²) in [5.41, 5.74) is 4.27. The van der Waals surface area contributed by atoms with Gasteiger partial charge in [0.25, 0.3) is 0 Å². The van der Waals surface area contributed by atoms with Crippen molar-refractivity contribution in [3.8, 4) is 5.69 Å². The average Bonchev–Trinajstić information content (AvgIpc) is 3.07. The fraction of sp³-hybridized carbons (Fsp3) is 0.333. The Kier molecular flexibility index (Phi) is 3.72. The normalized spacial score (nSPS) is 15.0. The van der Waals surface area contributed by atoms with Crippen molar-refractivity contribution in [1.29, 1.82) is 5.41 Å². The van der Waals surface area contributed by atoms with E-state index in [1.807, 2.05) is 16.7 Å². The van der Waals surface area contributed by atoms with Gasteiger partial charge in [0.15, 0.2) is 5.65 Å². The third-order valence-electron chi connectivity index (χ3n) is 4.54. The van der Waals surface area contributed by atoms with Crippen LogP contribution < -0.4 is 0 Å². The molecule has 1 saturated heterocycles. The maximum Gasteiger partial charge on any atom is 0.168 e. The summed E-state index contributed by atoms with van der Waals surface area (Å²) in [4.78, 5) is 15.3. The molecule has 4 rings (SSSR count). The second-order valence-electron chi connectivity index (χ2n) is 6.24. The lowest BCUT2D eigenvalue weighted by Crippen LogP contribution is -2.36. The van der Waals surface area contributed by atoms with Gasteiger partial charge >= 0.3 is 0 Å². The standard InChI is InChI=1S/C18H20N6/c1-13-5-7-14(8-6-13)24-12-22-16-15(20-11-21-18(16)24)17(19)23-9-3-2-4-10-23/h5-8,11-12,19H,2-4,9-10H2,1H3. The highest BCUT2D eigenvalue weighted by atomic mass is 15.2. The van der Waals surface area contributed by atoms with E-state index < -0.39 is 0 Å². The Balaban J connectivity index is 1.76. The molecule has 3 heterocycles.